The zero-order valence-electron chi connectivity index (χ0n) is 18.9. The van der Waals surface area contributed by atoms with Gasteiger partial charge in [0.25, 0.3) is 0 Å². The van der Waals surface area contributed by atoms with E-state index >= 15 is 0 Å². The summed E-state index contributed by atoms with van der Waals surface area (Å²) in [5, 5.41) is 4.35. The van der Waals surface area contributed by atoms with E-state index in [-0.39, 0.29) is 11.7 Å². The average molecular weight is 437 g/mol. The summed E-state index contributed by atoms with van der Waals surface area (Å²) in [6.07, 6.45) is 5.45. The first-order valence-electron chi connectivity index (χ1n) is 11.6. The van der Waals surface area contributed by atoms with E-state index in [1.807, 2.05) is 12.1 Å². The van der Waals surface area contributed by atoms with Gasteiger partial charge in [-0.2, -0.15) is 0 Å². The van der Waals surface area contributed by atoms with Crippen molar-refractivity contribution < 1.29 is 9.18 Å². The molecule has 0 spiro atoms. The van der Waals surface area contributed by atoms with Crippen molar-refractivity contribution in [3.63, 3.8) is 0 Å². The van der Waals surface area contributed by atoms with E-state index in [4.69, 9.17) is 0 Å². The number of piperazine rings is 1. The van der Waals surface area contributed by atoms with Gasteiger partial charge in [0.2, 0.25) is 5.91 Å². The van der Waals surface area contributed by atoms with E-state index in [2.05, 4.69) is 57.2 Å². The molecule has 1 aromatic heterocycles. The van der Waals surface area contributed by atoms with Gasteiger partial charge in [-0.25, -0.2) is 4.39 Å². The zero-order chi connectivity index (χ0) is 22.3. The molecular weight excluding hydrogens is 403 g/mol. The summed E-state index contributed by atoms with van der Waals surface area (Å²) >= 11 is 0. The monoisotopic (exact) mass is 436 g/mol. The molecule has 1 aliphatic rings. The number of aromatic nitrogens is 1. The quantitative estimate of drug-likeness (QED) is 0.516. The Hall–Kier alpha value is -2.86. The number of hydrogen-bond donors (Lipinski definition) is 1. The van der Waals surface area contributed by atoms with Crippen LogP contribution in [0.25, 0.3) is 10.9 Å². The number of amides is 1. The van der Waals surface area contributed by atoms with E-state index < -0.39 is 0 Å². The van der Waals surface area contributed by atoms with Gasteiger partial charge in [-0.15, -0.1) is 0 Å². The number of hydrogen-bond acceptors (Lipinski definition) is 3. The molecule has 0 saturated carbocycles. The van der Waals surface area contributed by atoms with Crippen LogP contribution in [0.2, 0.25) is 0 Å². The van der Waals surface area contributed by atoms with E-state index in [9.17, 15) is 9.18 Å². The number of anilines is 1. The number of nitrogens with one attached hydrogen (secondary N) is 1. The second kappa shape index (κ2) is 10.6. The molecule has 0 bridgehead atoms. The van der Waals surface area contributed by atoms with Crippen molar-refractivity contribution in [2.75, 3.05) is 44.2 Å². The van der Waals surface area contributed by atoms with Gasteiger partial charge in [-0.3, -0.25) is 9.69 Å². The molecular formula is C26H33FN4O. The van der Waals surface area contributed by atoms with Crippen LogP contribution in [0.4, 0.5) is 10.1 Å². The number of aryl methyl sites for hydroxylation is 2. The highest BCUT2D eigenvalue weighted by atomic mass is 19.1. The maximum Gasteiger partial charge on any atom is 0.220 e. The highest BCUT2D eigenvalue weighted by Gasteiger charge is 2.18. The van der Waals surface area contributed by atoms with Crippen molar-refractivity contribution in [3.05, 3.63) is 66.1 Å². The Kier molecular flexibility index (Phi) is 7.43. The standard InChI is InChI=1S/C26H33FN4O/c1-29-20-21(22-9-2-4-11-24(22)29)8-6-13-26(32)28-14-7-15-30-16-18-31(19-17-30)25-12-5-3-10-23(25)27/h2-5,9-12,20H,6-8,13-19H2,1H3,(H,28,32). The number of rotatable bonds is 9. The minimum absolute atomic E-state index is 0.134. The maximum atomic E-state index is 14.0. The van der Waals surface area contributed by atoms with E-state index in [0.29, 0.717) is 18.7 Å². The fraction of sp³-hybridized carbons (Fsp3) is 0.423. The predicted octanol–water partition coefficient (Wildman–Crippen LogP) is 3.97. The van der Waals surface area contributed by atoms with Crippen molar-refractivity contribution in [1.29, 1.82) is 0 Å². The first-order valence-corrected chi connectivity index (χ1v) is 11.6. The Morgan fingerprint density at radius 3 is 2.56 bits per heavy atom. The van der Waals surface area contributed by atoms with Crippen LogP contribution in [-0.2, 0) is 18.3 Å². The molecule has 5 nitrogen and oxygen atoms in total. The third-order valence-electron chi connectivity index (χ3n) is 6.37. The van der Waals surface area contributed by atoms with Gasteiger partial charge < -0.3 is 14.8 Å². The Bertz CT molecular complexity index is 1040. The van der Waals surface area contributed by atoms with Crippen molar-refractivity contribution in [1.82, 2.24) is 14.8 Å². The van der Waals surface area contributed by atoms with E-state index in [0.717, 1.165) is 52.0 Å². The molecule has 1 aliphatic heterocycles. The van der Waals surface area contributed by atoms with Gasteiger partial charge >= 0.3 is 0 Å². The largest absolute Gasteiger partial charge is 0.367 e. The number of halogens is 1. The summed E-state index contributed by atoms with van der Waals surface area (Å²) < 4.78 is 16.1. The van der Waals surface area contributed by atoms with Crippen LogP contribution in [0.1, 0.15) is 24.8 Å². The van der Waals surface area contributed by atoms with Gasteiger partial charge in [-0.1, -0.05) is 30.3 Å². The molecule has 3 aromatic rings. The van der Waals surface area contributed by atoms with Crippen LogP contribution in [0.5, 0.6) is 0 Å². The number of carbonyl (C=O) groups excluding carboxylic acids is 1. The lowest BCUT2D eigenvalue weighted by Crippen LogP contribution is -2.47. The minimum Gasteiger partial charge on any atom is -0.367 e. The Morgan fingerprint density at radius 1 is 1.00 bits per heavy atom. The zero-order valence-corrected chi connectivity index (χ0v) is 18.9. The lowest BCUT2D eigenvalue weighted by atomic mass is 10.1. The topological polar surface area (TPSA) is 40.5 Å². The number of nitrogens with zero attached hydrogens (tertiary/aromatic N) is 3. The highest BCUT2D eigenvalue weighted by molar-refractivity contribution is 5.84. The first kappa shape index (κ1) is 22.3. The highest BCUT2D eigenvalue weighted by Crippen LogP contribution is 2.22. The molecule has 0 unspecified atom stereocenters. The smallest absolute Gasteiger partial charge is 0.220 e. The van der Waals surface area contributed by atoms with Gasteiger partial charge in [0.1, 0.15) is 5.82 Å². The van der Waals surface area contributed by atoms with Crippen molar-refractivity contribution in [2.45, 2.75) is 25.7 Å². The number of fused-ring (bicyclic) bond motifs is 1. The molecule has 4 rings (SSSR count). The second-order valence-electron chi connectivity index (χ2n) is 8.62. The lowest BCUT2D eigenvalue weighted by molar-refractivity contribution is -0.121. The van der Waals surface area contributed by atoms with Crippen LogP contribution in [0.15, 0.2) is 54.7 Å². The molecule has 1 saturated heterocycles. The first-order chi connectivity index (χ1) is 15.6. The van der Waals surface area contributed by atoms with Crippen molar-refractivity contribution in [2.24, 2.45) is 7.05 Å². The molecule has 2 aromatic carbocycles. The SMILES string of the molecule is Cn1cc(CCCC(=O)NCCCN2CCN(c3ccccc3F)CC2)c2ccccc21. The van der Waals surface area contributed by atoms with Crippen molar-refractivity contribution >= 4 is 22.5 Å². The number of carbonyl (C=O) groups is 1. The predicted molar refractivity (Wildman–Crippen MR) is 129 cm³/mol. The Labute approximate surface area is 189 Å². The molecule has 0 aliphatic carbocycles. The Morgan fingerprint density at radius 2 is 1.75 bits per heavy atom. The average Bonchev–Trinajstić information content (AvgIpc) is 3.13. The molecule has 6 heteroatoms. The summed E-state index contributed by atoms with van der Waals surface area (Å²) in [5.41, 5.74) is 3.25. The molecule has 170 valence electrons. The molecule has 0 radical (unpaired) electrons. The number of para-hydroxylation sites is 2. The fourth-order valence-corrected chi connectivity index (χ4v) is 4.60. The van der Waals surface area contributed by atoms with Gasteiger partial charge in [0.05, 0.1) is 5.69 Å². The Balaban J connectivity index is 1.10. The summed E-state index contributed by atoms with van der Waals surface area (Å²) in [6.45, 7) is 5.19. The fourth-order valence-electron chi connectivity index (χ4n) is 4.60. The van der Waals surface area contributed by atoms with Crippen LogP contribution in [0.3, 0.4) is 0 Å². The summed E-state index contributed by atoms with van der Waals surface area (Å²) in [6, 6.07) is 15.4. The lowest BCUT2D eigenvalue weighted by Gasteiger charge is -2.36. The molecule has 0 atom stereocenters. The van der Waals surface area contributed by atoms with Crippen LogP contribution in [0, 0.1) is 5.82 Å². The normalized spacial score (nSPS) is 14.8. The summed E-state index contributed by atoms with van der Waals surface area (Å²) in [4.78, 5) is 16.7. The van der Waals surface area contributed by atoms with Gasteiger partial charge in [0.15, 0.2) is 0 Å². The second-order valence-corrected chi connectivity index (χ2v) is 8.62. The van der Waals surface area contributed by atoms with Crippen molar-refractivity contribution in [3.8, 4) is 0 Å². The molecule has 32 heavy (non-hydrogen) atoms. The van der Waals surface area contributed by atoms with Crippen LogP contribution >= 0.6 is 0 Å². The van der Waals surface area contributed by atoms with E-state index in [1.54, 1.807) is 6.07 Å². The van der Waals surface area contributed by atoms with Gasteiger partial charge in [-0.05, 0) is 49.6 Å². The third-order valence-corrected chi connectivity index (χ3v) is 6.37. The number of benzene rings is 2. The van der Waals surface area contributed by atoms with Crippen LogP contribution in [-0.4, -0.2) is 54.6 Å². The maximum absolute atomic E-state index is 14.0. The van der Waals surface area contributed by atoms with Gasteiger partial charge in [0, 0.05) is 63.3 Å². The molecule has 1 fully saturated rings. The molecule has 1 amide bonds. The third kappa shape index (κ3) is 5.49. The minimum atomic E-state index is -0.149. The summed E-state index contributed by atoms with van der Waals surface area (Å²) in [7, 11) is 2.07. The van der Waals surface area contributed by atoms with Crippen LogP contribution < -0.4 is 10.2 Å². The molecule has 1 N–H and O–H groups in total. The van der Waals surface area contributed by atoms with E-state index in [1.165, 1.54) is 22.5 Å². The molecule has 2 heterocycles. The summed E-state index contributed by atoms with van der Waals surface area (Å²) in [5.74, 6) is -0.0151.